The Morgan fingerprint density at radius 1 is 1.14 bits per heavy atom. The highest BCUT2D eigenvalue weighted by Gasteiger charge is 2.15. The van der Waals surface area contributed by atoms with E-state index in [0.29, 0.717) is 29.5 Å². The van der Waals surface area contributed by atoms with Crippen molar-refractivity contribution in [2.24, 2.45) is 0 Å². The highest BCUT2D eigenvalue weighted by molar-refractivity contribution is 7.13. The number of carbonyl (C=O) groups is 1. The van der Waals surface area contributed by atoms with E-state index in [1.807, 2.05) is 24.3 Å². The average molecular weight is 396 g/mol. The predicted octanol–water partition coefficient (Wildman–Crippen LogP) is 4.64. The molecular weight excluding hydrogens is 376 g/mol. The van der Waals surface area contributed by atoms with Crippen LogP contribution >= 0.6 is 11.3 Å². The first-order valence-corrected chi connectivity index (χ1v) is 9.35. The van der Waals surface area contributed by atoms with Gasteiger partial charge in [0.15, 0.2) is 0 Å². The topological polar surface area (TPSA) is 69.7 Å². The molecule has 7 heteroatoms. The average Bonchev–Trinajstić information content (AvgIpc) is 3.23. The summed E-state index contributed by atoms with van der Waals surface area (Å²) < 4.78 is 15.9. The van der Waals surface area contributed by atoms with Crippen LogP contribution in [0, 0.1) is 0 Å². The number of rotatable bonds is 8. The van der Waals surface area contributed by atoms with Crippen LogP contribution in [0.25, 0.3) is 10.6 Å². The van der Waals surface area contributed by atoms with Crippen molar-refractivity contribution < 1.29 is 19.0 Å². The van der Waals surface area contributed by atoms with E-state index in [-0.39, 0.29) is 5.91 Å². The van der Waals surface area contributed by atoms with Gasteiger partial charge < -0.3 is 19.5 Å². The molecule has 1 heterocycles. The van der Waals surface area contributed by atoms with E-state index >= 15 is 0 Å². The summed E-state index contributed by atoms with van der Waals surface area (Å²) in [6, 6.07) is 12.7. The Morgan fingerprint density at radius 3 is 2.57 bits per heavy atom. The van der Waals surface area contributed by atoms with Crippen LogP contribution in [0.3, 0.4) is 0 Å². The number of nitrogens with zero attached hydrogens (tertiary/aromatic N) is 1. The third kappa shape index (κ3) is 4.50. The molecule has 1 aromatic heterocycles. The lowest BCUT2D eigenvalue weighted by Crippen LogP contribution is -2.13. The number of nitrogens with one attached hydrogen (secondary N) is 1. The molecule has 0 aliphatic heterocycles. The van der Waals surface area contributed by atoms with E-state index in [1.54, 1.807) is 36.8 Å². The SMILES string of the molecule is C=CCOc1ccc(-c2nc(C(=O)Nc3ccc(OC)cc3OC)cs2)cc1. The number of thiazole rings is 1. The van der Waals surface area contributed by atoms with Gasteiger partial charge >= 0.3 is 0 Å². The molecule has 0 aliphatic rings. The summed E-state index contributed by atoms with van der Waals surface area (Å²) in [5.74, 6) is 1.60. The Balaban J connectivity index is 1.73. The molecule has 1 N–H and O–H groups in total. The largest absolute Gasteiger partial charge is 0.497 e. The van der Waals surface area contributed by atoms with Crippen molar-refractivity contribution in [3.8, 4) is 27.8 Å². The fourth-order valence-corrected chi connectivity index (χ4v) is 3.25. The second-order valence-corrected chi connectivity index (χ2v) is 6.54. The van der Waals surface area contributed by atoms with Crippen LogP contribution < -0.4 is 19.5 Å². The number of ether oxygens (including phenoxy) is 3. The molecule has 0 atom stereocenters. The fourth-order valence-electron chi connectivity index (χ4n) is 2.45. The third-order valence-electron chi connectivity index (χ3n) is 3.86. The number of carbonyl (C=O) groups excluding carboxylic acids is 1. The molecule has 0 aliphatic carbocycles. The van der Waals surface area contributed by atoms with Gasteiger partial charge in [-0.3, -0.25) is 4.79 Å². The molecule has 2 aromatic carbocycles. The Morgan fingerprint density at radius 2 is 1.89 bits per heavy atom. The zero-order valence-electron chi connectivity index (χ0n) is 15.6. The van der Waals surface area contributed by atoms with Crippen molar-refractivity contribution in [2.75, 3.05) is 26.1 Å². The van der Waals surface area contributed by atoms with Crippen LogP contribution in [0.1, 0.15) is 10.5 Å². The van der Waals surface area contributed by atoms with Crippen LogP contribution in [0.2, 0.25) is 0 Å². The summed E-state index contributed by atoms with van der Waals surface area (Å²) in [5.41, 5.74) is 1.80. The lowest BCUT2D eigenvalue weighted by Gasteiger charge is -2.10. The van der Waals surface area contributed by atoms with Crippen LogP contribution in [0.5, 0.6) is 17.2 Å². The van der Waals surface area contributed by atoms with Crippen LogP contribution in [0.4, 0.5) is 5.69 Å². The summed E-state index contributed by atoms with van der Waals surface area (Å²) in [6.45, 7) is 4.08. The molecule has 3 aromatic rings. The minimum absolute atomic E-state index is 0.308. The number of benzene rings is 2. The van der Waals surface area contributed by atoms with Gasteiger partial charge in [0.1, 0.15) is 34.6 Å². The normalized spacial score (nSPS) is 10.2. The Bertz CT molecular complexity index is 967. The molecule has 3 rings (SSSR count). The highest BCUT2D eigenvalue weighted by atomic mass is 32.1. The van der Waals surface area contributed by atoms with Gasteiger partial charge in [-0.25, -0.2) is 4.98 Å². The maximum atomic E-state index is 12.6. The quantitative estimate of drug-likeness (QED) is 0.562. The number of amides is 1. The monoisotopic (exact) mass is 396 g/mol. The second-order valence-electron chi connectivity index (χ2n) is 5.68. The lowest BCUT2D eigenvalue weighted by molar-refractivity contribution is 0.102. The summed E-state index contributed by atoms with van der Waals surface area (Å²) in [7, 11) is 3.11. The number of hydrogen-bond acceptors (Lipinski definition) is 6. The van der Waals surface area contributed by atoms with E-state index < -0.39 is 0 Å². The first kappa shape index (κ1) is 19.4. The minimum atomic E-state index is -0.308. The van der Waals surface area contributed by atoms with Crippen molar-refractivity contribution in [3.05, 3.63) is 66.2 Å². The molecule has 0 saturated heterocycles. The van der Waals surface area contributed by atoms with E-state index in [2.05, 4.69) is 16.9 Å². The lowest BCUT2D eigenvalue weighted by atomic mass is 10.2. The van der Waals surface area contributed by atoms with Gasteiger partial charge in [-0.15, -0.1) is 11.3 Å². The van der Waals surface area contributed by atoms with E-state index in [0.717, 1.165) is 16.3 Å². The molecule has 28 heavy (non-hydrogen) atoms. The number of hydrogen-bond donors (Lipinski definition) is 1. The van der Waals surface area contributed by atoms with Gasteiger partial charge in [-0.1, -0.05) is 12.7 Å². The van der Waals surface area contributed by atoms with Gasteiger partial charge in [0.2, 0.25) is 0 Å². The van der Waals surface area contributed by atoms with Crippen molar-refractivity contribution >= 4 is 22.9 Å². The maximum absolute atomic E-state index is 12.6. The van der Waals surface area contributed by atoms with Gasteiger partial charge in [0.05, 0.1) is 19.9 Å². The van der Waals surface area contributed by atoms with Crippen molar-refractivity contribution in [3.63, 3.8) is 0 Å². The fraction of sp³-hybridized carbons (Fsp3) is 0.143. The van der Waals surface area contributed by atoms with Gasteiger partial charge in [0, 0.05) is 17.0 Å². The standard InChI is InChI=1S/C21H20N2O4S/c1-4-11-27-15-7-5-14(6-8-15)21-23-18(13-28-21)20(24)22-17-10-9-16(25-2)12-19(17)26-3/h4-10,12-13H,1,11H2,2-3H3,(H,22,24). The zero-order chi connectivity index (χ0) is 19.9. The summed E-state index contributed by atoms with van der Waals surface area (Å²) in [5, 5.41) is 5.30. The van der Waals surface area contributed by atoms with Crippen LogP contribution in [-0.2, 0) is 0 Å². The number of methoxy groups -OCH3 is 2. The smallest absolute Gasteiger partial charge is 0.275 e. The second kappa shape index (κ2) is 9.05. The highest BCUT2D eigenvalue weighted by Crippen LogP contribution is 2.30. The zero-order valence-corrected chi connectivity index (χ0v) is 16.4. The molecular formula is C21H20N2O4S. The number of aromatic nitrogens is 1. The molecule has 0 spiro atoms. The van der Waals surface area contributed by atoms with Crippen LogP contribution in [0.15, 0.2) is 60.5 Å². The van der Waals surface area contributed by atoms with E-state index in [1.165, 1.54) is 18.4 Å². The summed E-state index contributed by atoms with van der Waals surface area (Å²) in [4.78, 5) is 17.0. The summed E-state index contributed by atoms with van der Waals surface area (Å²) >= 11 is 1.40. The van der Waals surface area contributed by atoms with E-state index in [4.69, 9.17) is 14.2 Å². The molecule has 6 nitrogen and oxygen atoms in total. The summed E-state index contributed by atoms with van der Waals surface area (Å²) in [6.07, 6.45) is 1.69. The van der Waals surface area contributed by atoms with E-state index in [9.17, 15) is 4.79 Å². The predicted molar refractivity (Wildman–Crippen MR) is 111 cm³/mol. The molecule has 0 unspecified atom stereocenters. The molecule has 0 radical (unpaired) electrons. The van der Waals surface area contributed by atoms with Crippen LogP contribution in [-0.4, -0.2) is 31.7 Å². The first-order chi connectivity index (χ1) is 13.6. The number of anilines is 1. The molecule has 144 valence electrons. The molecule has 0 fully saturated rings. The molecule has 1 amide bonds. The van der Waals surface area contributed by atoms with Crippen molar-refractivity contribution in [2.45, 2.75) is 0 Å². The first-order valence-electron chi connectivity index (χ1n) is 8.47. The Labute approximate surface area is 167 Å². The third-order valence-corrected chi connectivity index (χ3v) is 4.75. The minimum Gasteiger partial charge on any atom is -0.497 e. The van der Waals surface area contributed by atoms with Crippen molar-refractivity contribution in [1.82, 2.24) is 4.98 Å². The molecule has 0 saturated carbocycles. The van der Waals surface area contributed by atoms with Gasteiger partial charge in [-0.2, -0.15) is 0 Å². The Hall–Kier alpha value is -3.32. The van der Waals surface area contributed by atoms with Crippen molar-refractivity contribution in [1.29, 1.82) is 0 Å². The van der Waals surface area contributed by atoms with Gasteiger partial charge in [-0.05, 0) is 36.4 Å². The maximum Gasteiger partial charge on any atom is 0.275 e. The van der Waals surface area contributed by atoms with Gasteiger partial charge in [0.25, 0.3) is 5.91 Å². The molecule has 0 bridgehead atoms. The Kier molecular flexibility index (Phi) is 6.29.